The van der Waals surface area contributed by atoms with Crippen molar-refractivity contribution in [2.75, 3.05) is 0 Å². The van der Waals surface area contributed by atoms with Crippen molar-refractivity contribution in [2.24, 2.45) is 0 Å². The smallest absolute Gasteiger partial charge is 0.0454 e. The van der Waals surface area contributed by atoms with Crippen molar-refractivity contribution in [3.8, 4) is 0 Å². The minimum Gasteiger partial charge on any atom is -0.383 e. The molecule has 0 bridgehead atoms. The maximum Gasteiger partial charge on any atom is 0.0454 e. The summed E-state index contributed by atoms with van der Waals surface area (Å²) in [5.41, 5.74) is 1.32. The second-order valence-electron chi connectivity index (χ2n) is 2.28. The minimum absolute atomic E-state index is 0.455. The van der Waals surface area contributed by atoms with E-state index in [2.05, 4.69) is 24.5 Å². The van der Waals surface area contributed by atoms with Gasteiger partial charge in [0.15, 0.2) is 0 Å². The third-order valence-corrected chi connectivity index (χ3v) is 1.52. The Hall–Kier alpha value is -0.920. The van der Waals surface area contributed by atoms with Gasteiger partial charge in [0.25, 0.3) is 0 Å². The van der Waals surface area contributed by atoms with Crippen molar-refractivity contribution >= 4 is 0 Å². The summed E-state index contributed by atoms with van der Waals surface area (Å²) < 4.78 is 0. The molecular weight excluding hydrogens is 112 g/mol. The highest BCUT2D eigenvalue weighted by Crippen LogP contribution is 1.99. The van der Waals surface area contributed by atoms with Gasteiger partial charge < -0.3 is 10.6 Å². The third kappa shape index (κ3) is 1.49. The van der Waals surface area contributed by atoms with Gasteiger partial charge in [-0.15, -0.1) is 0 Å². The van der Waals surface area contributed by atoms with Crippen LogP contribution in [-0.4, -0.2) is 6.04 Å². The van der Waals surface area contributed by atoms with Crippen molar-refractivity contribution in [3.63, 3.8) is 0 Å². The van der Waals surface area contributed by atoms with Crippen LogP contribution < -0.4 is 10.6 Å². The maximum atomic E-state index is 3.18. The molecule has 50 valence electrons. The van der Waals surface area contributed by atoms with Crippen LogP contribution in [0.15, 0.2) is 24.2 Å². The molecule has 0 spiro atoms. The second kappa shape index (κ2) is 2.58. The first-order valence-electron chi connectivity index (χ1n) is 3.14. The fraction of sp³-hybridized carbons (Fsp3) is 0.429. The first-order valence-corrected chi connectivity index (χ1v) is 3.14. The lowest BCUT2D eigenvalue weighted by molar-refractivity contribution is 0.731. The molecule has 1 atom stereocenters. The van der Waals surface area contributed by atoms with E-state index in [0.29, 0.717) is 6.04 Å². The molecule has 2 N–H and O–H groups in total. The van der Waals surface area contributed by atoms with Crippen LogP contribution >= 0.6 is 0 Å². The van der Waals surface area contributed by atoms with Gasteiger partial charge in [-0.2, -0.15) is 0 Å². The number of hydrogen-bond donors (Lipinski definition) is 2. The molecule has 0 radical (unpaired) electrons. The lowest BCUT2D eigenvalue weighted by Gasteiger charge is -2.08. The number of rotatable bonds is 0. The van der Waals surface area contributed by atoms with Gasteiger partial charge in [-0.05, 0) is 19.4 Å². The van der Waals surface area contributed by atoms with Crippen molar-refractivity contribution in [3.05, 3.63) is 24.2 Å². The Morgan fingerprint density at radius 1 is 1.44 bits per heavy atom. The predicted molar refractivity (Wildman–Crippen MR) is 38.6 cm³/mol. The number of nitrogens with one attached hydrogen (secondary N) is 2. The summed E-state index contributed by atoms with van der Waals surface area (Å²) in [7, 11) is 0. The Bertz CT molecular complexity index is 147. The van der Waals surface area contributed by atoms with Crippen molar-refractivity contribution < 1.29 is 0 Å². The zero-order valence-corrected chi connectivity index (χ0v) is 5.81. The van der Waals surface area contributed by atoms with Crippen LogP contribution in [0.3, 0.4) is 0 Å². The Balaban J connectivity index is 2.62. The lowest BCUT2D eigenvalue weighted by atomic mass is 10.2. The topological polar surface area (TPSA) is 24.1 Å². The molecule has 0 amide bonds. The van der Waals surface area contributed by atoms with Crippen LogP contribution in [0.25, 0.3) is 0 Å². The molecule has 1 rings (SSSR count). The fourth-order valence-electron chi connectivity index (χ4n) is 0.677. The summed E-state index contributed by atoms with van der Waals surface area (Å²) in [6, 6.07) is 0.455. The van der Waals surface area contributed by atoms with Crippen LogP contribution in [0.2, 0.25) is 0 Å². The van der Waals surface area contributed by atoms with Gasteiger partial charge in [-0.3, -0.25) is 0 Å². The summed E-state index contributed by atoms with van der Waals surface area (Å²) in [5, 5.41) is 6.21. The third-order valence-electron chi connectivity index (χ3n) is 1.52. The molecule has 1 unspecified atom stereocenters. The quantitative estimate of drug-likeness (QED) is 0.502. The molecule has 0 saturated carbocycles. The van der Waals surface area contributed by atoms with E-state index in [-0.39, 0.29) is 0 Å². The first-order chi connectivity index (χ1) is 4.30. The minimum atomic E-state index is 0.455. The van der Waals surface area contributed by atoms with E-state index in [1.54, 1.807) is 0 Å². The van der Waals surface area contributed by atoms with E-state index in [1.165, 1.54) is 5.57 Å². The molecule has 9 heavy (non-hydrogen) atoms. The van der Waals surface area contributed by atoms with Gasteiger partial charge in [0.2, 0.25) is 0 Å². The normalized spacial score (nSPS) is 25.6. The molecule has 1 aliphatic heterocycles. The van der Waals surface area contributed by atoms with Gasteiger partial charge in [-0.1, -0.05) is 0 Å². The fourth-order valence-corrected chi connectivity index (χ4v) is 0.677. The Morgan fingerprint density at radius 3 is 3.00 bits per heavy atom. The number of hydrogen-bond acceptors (Lipinski definition) is 2. The van der Waals surface area contributed by atoms with Crippen LogP contribution in [0.1, 0.15) is 13.8 Å². The zero-order chi connectivity index (χ0) is 6.69. The van der Waals surface area contributed by atoms with Crippen LogP contribution in [0, 0.1) is 0 Å². The van der Waals surface area contributed by atoms with E-state index in [4.69, 9.17) is 0 Å². The molecule has 0 aliphatic carbocycles. The average molecular weight is 124 g/mol. The summed E-state index contributed by atoms with van der Waals surface area (Å²) in [4.78, 5) is 0. The molecule has 0 aromatic heterocycles. The summed E-state index contributed by atoms with van der Waals surface area (Å²) >= 11 is 0. The summed E-state index contributed by atoms with van der Waals surface area (Å²) in [6.45, 7) is 4.22. The van der Waals surface area contributed by atoms with E-state index < -0.39 is 0 Å². The Morgan fingerprint density at radius 2 is 2.22 bits per heavy atom. The maximum absolute atomic E-state index is 3.18. The van der Waals surface area contributed by atoms with Crippen molar-refractivity contribution in [1.82, 2.24) is 10.6 Å². The molecule has 1 heterocycles. The molecule has 1 aliphatic rings. The largest absolute Gasteiger partial charge is 0.383 e. The SMILES string of the molecule is CC1=CNC=CNC1C. The van der Waals surface area contributed by atoms with Gasteiger partial charge >= 0.3 is 0 Å². The average Bonchev–Trinajstić information content (AvgIpc) is 1.99. The van der Waals surface area contributed by atoms with Gasteiger partial charge in [0.05, 0.1) is 0 Å². The first kappa shape index (κ1) is 6.20. The Kier molecular flexibility index (Phi) is 1.78. The molecule has 0 aromatic carbocycles. The Labute approximate surface area is 55.6 Å². The molecule has 0 fully saturated rings. The van der Waals surface area contributed by atoms with Crippen LogP contribution in [-0.2, 0) is 0 Å². The summed E-state index contributed by atoms with van der Waals surface area (Å²) in [6.07, 6.45) is 5.80. The highest BCUT2D eigenvalue weighted by molar-refractivity contribution is 5.10. The molecule has 0 saturated heterocycles. The second-order valence-corrected chi connectivity index (χ2v) is 2.28. The highest BCUT2D eigenvalue weighted by atomic mass is 14.9. The van der Waals surface area contributed by atoms with Gasteiger partial charge in [0, 0.05) is 24.6 Å². The van der Waals surface area contributed by atoms with E-state index in [9.17, 15) is 0 Å². The highest BCUT2D eigenvalue weighted by Gasteiger charge is 2.00. The van der Waals surface area contributed by atoms with E-state index in [0.717, 1.165) is 0 Å². The lowest BCUT2D eigenvalue weighted by Crippen LogP contribution is -2.20. The van der Waals surface area contributed by atoms with Crippen LogP contribution in [0.4, 0.5) is 0 Å². The van der Waals surface area contributed by atoms with Crippen molar-refractivity contribution in [2.45, 2.75) is 19.9 Å². The predicted octanol–water partition coefficient (Wildman–Crippen LogP) is 0.943. The van der Waals surface area contributed by atoms with Crippen molar-refractivity contribution in [1.29, 1.82) is 0 Å². The molecular formula is C7H12N2. The summed E-state index contributed by atoms with van der Waals surface area (Å²) in [5.74, 6) is 0. The van der Waals surface area contributed by atoms with E-state index >= 15 is 0 Å². The van der Waals surface area contributed by atoms with Gasteiger partial charge in [0.1, 0.15) is 0 Å². The monoisotopic (exact) mass is 124 g/mol. The van der Waals surface area contributed by atoms with Crippen LogP contribution in [0.5, 0.6) is 0 Å². The van der Waals surface area contributed by atoms with E-state index in [1.807, 2.05) is 18.6 Å². The molecule has 2 nitrogen and oxygen atoms in total. The standard InChI is InChI=1S/C7H12N2/c1-6-5-8-3-4-9-7(6)2/h3-5,7-9H,1-2H3. The molecule has 0 aromatic rings. The van der Waals surface area contributed by atoms with Gasteiger partial charge in [-0.25, -0.2) is 0 Å². The zero-order valence-electron chi connectivity index (χ0n) is 5.81. The molecule has 2 heteroatoms.